The summed E-state index contributed by atoms with van der Waals surface area (Å²) < 4.78 is 0. The first-order valence-electron chi connectivity index (χ1n) is 6.86. The third kappa shape index (κ3) is 5.57. The van der Waals surface area contributed by atoms with Crippen LogP contribution in [0, 0.1) is 11.8 Å². The standard InChI is InChI=1S/C16H21N3O2/c1-4-6-11-17-16(21)18-15-10-8-7-9-14(15)12-19(5-2)13(3)20/h7-10H,5,11-12H2,1-3H3,(H2,17,18,21). The second-order valence-electron chi connectivity index (χ2n) is 4.42. The Morgan fingerprint density at radius 1 is 1.29 bits per heavy atom. The zero-order chi connectivity index (χ0) is 15.7. The van der Waals surface area contributed by atoms with E-state index in [9.17, 15) is 9.59 Å². The summed E-state index contributed by atoms with van der Waals surface area (Å²) in [6.45, 7) is 6.58. The van der Waals surface area contributed by atoms with Crippen LogP contribution in [0.25, 0.3) is 0 Å². The van der Waals surface area contributed by atoms with Crippen molar-refractivity contribution in [3.05, 3.63) is 29.8 Å². The Hall–Kier alpha value is -2.48. The number of carbonyl (C=O) groups excluding carboxylic acids is 2. The van der Waals surface area contributed by atoms with Crippen molar-refractivity contribution in [2.75, 3.05) is 18.4 Å². The number of rotatable bonds is 5. The van der Waals surface area contributed by atoms with Gasteiger partial charge < -0.3 is 15.5 Å². The van der Waals surface area contributed by atoms with Gasteiger partial charge in [0.2, 0.25) is 5.91 Å². The van der Waals surface area contributed by atoms with Crippen molar-refractivity contribution in [1.82, 2.24) is 10.2 Å². The van der Waals surface area contributed by atoms with Gasteiger partial charge in [-0.05, 0) is 25.5 Å². The molecule has 0 heterocycles. The van der Waals surface area contributed by atoms with E-state index < -0.39 is 0 Å². The summed E-state index contributed by atoms with van der Waals surface area (Å²) in [5, 5.41) is 5.43. The van der Waals surface area contributed by atoms with Crippen molar-refractivity contribution in [3.63, 3.8) is 0 Å². The van der Waals surface area contributed by atoms with Crippen LogP contribution in [0.1, 0.15) is 26.3 Å². The molecule has 112 valence electrons. The normalized spacial score (nSPS) is 9.29. The highest BCUT2D eigenvalue weighted by atomic mass is 16.2. The second kappa shape index (κ2) is 8.64. The minimum atomic E-state index is -0.309. The summed E-state index contributed by atoms with van der Waals surface area (Å²) in [5.74, 6) is 5.48. The lowest BCUT2D eigenvalue weighted by molar-refractivity contribution is -0.129. The summed E-state index contributed by atoms with van der Waals surface area (Å²) in [6.07, 6.45) is 0. The predicted octanol–water partition coefficient (Wildman–Crippen LogP) is 2.20. The Morgan fingerprint density at radius 2 is 2.00 bits per heavy atom. The van der Waals surface area contributed by atoms with Crippen LogP contribution in [0.5, 0.6) is 0 Å². The SMILES string of the molecule is CC#CCNC(=O)Nc1ccccc1CN(CC)C(C)=O. The summed E-state index contributed by atoms with van der Waals surface area (Å²) in [5.41, 5.74) is 1.59. The number of urea groups is 1. The average Bonchev–Trinajstić information content (AvgIpc) is 2.46. The molecule has 0 saturated heterocycles. The van der Waals surface area contributed by atoms with Crippen LogP contribution in [0.3, 0.4) is 0 Å². The molecule has 1 aromatic rings. The fraction of sp³-hybridized carbons (Fsp3) is 0.375. The molecule has 2 N–H and O–H groups in total. The topological polar surface area (TPSA) is 61.4 Å². The number of para-hydroxylation sites is 1. The van der Waals surface area contributed by atoms with Gasteiger partial charge in [-0.1, -0.05) is 24.1 Å². The van der Waals surface area contributed by atoms with E-state index in [0.29, 0.717) is 25.3 Å². The highest BCUT2D eigenvalue weighted by molar-refractivity contribution is 5.90. The van der Waals surface area contributed by atoms with Gasteiger partial charge in [-0.15, -0.1) is 5.92 Å². The van der Waals surface area contributed by atoms with Gasteiger partial charge in [0.1, 0.15) is 0 Å². The van der Waals surface area contributed by atoms with Gasteiger partial charge in [-0.2, -0.15) is 0 Å². The Kier molecular flexibility index (Phi) is 6.82. The molecule has 0 aliphatic heterocycles. The molecule has 0 atom stereocenters. The van der Waals surface area contributed by atoms with Gasteiger partial charge in [-0.25, -0.2) is 4.79 Å². The molecule has 5 heteroatoms. The minimum absolute atomic E-state index is 0.00924. The maximum Gasteiger partial charge on any atom is 0.320 e. The quantitative estimate of drug-likeness (QED) is 0.816. The molecule has 0 spiro atoms. The molecule has 1 aromatic carbocycles. The molecule has 0 aromatic heterocycles. The van der Waals surface area contributed by atoms with Crippen molar-refractivity contribution < 1.29 is 9.59 Å². The lowest BCUT2D eigenvalue weighted by Gasteiger charge is -2.21. The summed E-state index contributed by atoms with van der Waals surface area (Å²) in [4.78, 5) is 25.0. The molecule has 0 aliphatic carbocycles. The highest BCUT2D eigenvalue weighted by Gasteiger charge is 2.11. The Labute approximate surface area is 125 Å². The number of nitrogens with zero attached hydrogens (tertiary/aromatic N) is 1. The van der Waals surface area contributed by atoms with E-state index in [1.807, 2.05) is 31.2 Å². The predicted molar refractivity (Wildman–Crippen MR) is 83.7 cm³/mol. The molecule has 21 heavy (non-hydrogen) atoms. The largest absolute Gasteiger partial charge is 0.339 e. The maximum absolute atomic E-state index is 11.8. The van der Waals surface area contributed by atoms with Crippen LogP contribution in [0.2, 0.25) is 0 Å². The highest BCUT2D eigenvalue weighted by Crippen LogP contribution is 2.17. The van der Waals surface area contributed by atoms with E-state index in [0.717, 1.165) is 5.56 Å². The van der Waals surface area contributed by atoms with Gasteiger partial charge in [0.15, 0.2) is 0 Å². The number of hydrogen-bond donors (Lipinski definition) is 2. The third-order valence-corrected chi connectivity index (χ3v) is 2.97. The molecular formula is C16H21N3O2. The maximum atomic E-state index is 11.8. The van der Waals surface area contributed by atoms with Crippen molar-refractivity contribution in [2.45, 2.75) is 27.3 Å². The second-order valence-corrected chi connectivity index (χ2v) is 4.42. The smallest absolute Gasteiger partial charge is 0.320 e. The molecule has 1 rings (SSSR count). The molecule has 0 aliphatic rings. The number of nitrogens with one attached hydrogen (secondary N) is 2. The number of hydrogen-bond acceptors (Lipinski definition) is 2. The fourth-order valence-corrected chi connectivity index (χ4v) is 1.81. The lowest BCUT2D eigenvalue weighted by atomic mass is 10.1. The average molecular weight is 287 g/mol. The van der Waals surface area contributed by atoms with Crippen molar-refractivity contribution >= 4 is 17.6 Å². The third-order valence-electron chi connectivity index (χ3n) is 2.97. The summed E-state index contributed by atoms with van der Waals surface area (Å²) in [7, 11) is 0. The van der Waals surface area contributed by atoms with E-state index in [1.54, 1.807) is 11.8 Å². The molecule has 3 amide bonds. The number of amides is 3. The zero-order valence-corrected chi connectivity index (χ0v) is 12.7. The van der Waals surface area contributed by atoms with Gasteiger partial charge in [0.05, 0.1) is 6.54 Å². The van der Waals surface area contributed by atoms with Gasteiger partial charge in [0, 0.05) is 25.7 Å². The minimum Gasteiger partial charge on any atom is -0.339 e. The van der Waals surface area contributed by atoms with Crippen molar-refractivity contribution in [3.8, 4) is 11.8 Å². The first-order valence-corrected chi connectivity index (χ1v) is 6.86. The lowest BCUT2D eigenvalue weighted by Crippen LogP contribution is -2.31. The molecule has 0 bridgehead atoms. The van der Waals surface area contributed by atoms with E-state index in [-0.39, 0.29) is 11.9 Å². The molecule has 5 nitrogen and oxygen atoms in total. The van der Waals surface area contributed by atoms with Crippen LogP contribution in [0.4, 0.5) is 10.5 Å². The summed E-state index contributed by atoms with van der Waals surface area (Å²) >= 11 is 0. The van der Waals surface area contributed by atoms with E-state index >= 15 is 0 Å². The Morgan fingerprint density at radius 3 is 2.62 bits per heavy atom. The summed E-state index contributed by atoms with van der Waals surface area (Å²) in [6, 6.07) is 7.13. The molecular weight excluding hydrogens is 266 g/mol. The van der Waals surface area contributed by atoms with Crippen LogP contribution < -0.4 is 10.6 Å². The number of benzene rings is 1. The van der Waals surface area contributed by atoms with Crippen LogP contribution >= 0.6 is 0 Å². The number of carbonyl (C=O) groups is 2. The molecule has 0 fully saturated rings. The molecule has 0 unspecified atom stereocenters. The van der Waals surface area contributed by atoms with Crippen LogP contribution in [-0.4, -0.2) is 29.9 Å². The monoisotopic (exact) mass is 287 g/mol. The van der Waals surface area contributed by atoms with E-state index in [2.05, 4.69) is 22.5 Å². The first-order chi connectivity index (χ1) is 10.1. The Bertz CT molecular complexity index is 558. The Balaban J connectivity index is 2.76. The number of anilines is 1. The van der Waals surface area contributed by atoms with Gasteiger partial charge >= 0.3 is 6.03 Å². The molecule has 0 radical (unpaired) electrons. The molecule has 0 saturated carbocycles. The van der Waals surface area contributed by atoms with Crippen molar-refractivity contribution in [1.29, 1.82) is 0 Å². The van der Waals surface area contributed by atoms with E-state index in [4.69, 9.17) is 0 Å². The fourth-order valence-electron chi connectivity index (χ4n) is 1.81. The van der Waals surface area contributed by atoms with Gasteiger partial charge in [-0.3, -0.25) is 4.79 Å². The van der Waals surface area contributed by atoms with Crippen molar-refractivity contribution in [2.24, 2.45) is 0 Å². The first kappa shape index (κ1) is 16.6. The van der Waals surface area contributed by atoms with Crippen LogP contribution in [-0.2, 0) is 11.3 Å². The van der Waals surface area contributed by atoms with E-state index in [1.165, 1.54) is 6.92 Å². The van der Waals surface area contributed by atoms with Crippen LogP contribution in [0.15, 0.2) is 24.3 Å². The zero-order valence-electron chi connectivity index (χ0n) is 12.7. The van der Waals surface area contributed by atoms with Gasteiger partial charge in [0.25, 0.3) is 0 Å².